The number of aromatic amines is 1. The van der Waals surface area contributed by atoms with Crippen LogP contribution >= 0.6 is 0 Å². The van der Waals surface area contributed by atoms with Gasteiger partial charge in [-0.15, -0.1) is 16.8 Å². The fourth-order valence-electron chi connectivity index (χ4n) is 3.76. The standard InChI is InChI=1S/C19H23N7/c1-3-7-15-10-11-25(12-15)13-17-18(19-20-23-24-21-19)14(2)22-26(17)16-8-5-4-6-9-16/h3-6,8-9,15H,1,7,10-13H2,2H3,(H,20,21,23,24). The molecule has 0 aliphatic carbocycles. The third-order valence-corrected chi connectivity index (χ3v) is 4.97. The molecule has 26 heavy (non-hydrogen) atoms. The van der Waals surface area contributed by atoms with E-state index in [-0.39, 0.29) is 0 Å². The zero-order chi connectivity index (χ0) is 17.9. The van der Waals surface area contributed by atoms with E-state index in [0.717, 1.165) is 48.7 Å². The molecule has 0 bridgehead atoms. The molecule has 2 aromatic heterocycles. The number of aryl methyl sites for hydroxylation is 1. The number of hydrogen-bond donors (Lipinski definition) is 1. The van der Waals surface area contributed by atoms with Crippen LogP contribution < -0.4 is 0 Å². The van der Waals surface area contributed by atoms with E-state index in [0.29, 0.717) is 11.7 Å². The van der Waals surface area contributed by atoms with Gasteiger partial charge in [-0.05, 0) is 49.6 Å². The predicted octanol–water partition coefficient (Wildman–Crippen LogP) is 2.76. The fourth-order valence-corrected chi connectivity index (χ4v) is 3.76. The van der Waals surface area contributed by atoms with Crippen LogP contribution in [-0.2, 0) is 6.54 Å². The second-order valence-electron chi connectivity index (χ2n) is 6.80. The molecule has 0 radical (unpaired) electrons. The van der Waals surface area contributed by atoms with E-state index in [1.165, 1.54) is 6.42 Å². The summed E-state index contributed by atoms with van der Waals surface area (Å²) in [5.41, 5.74) is 4.03. The van der Waals surface area contributed by atoms with Crippen molar-refractivity contribution in [3.8, 4) is 17.1 Å². The minimum Gasteiger partial charge on any atom is -0.297 e. The fraction of sp³-hybridized carbons (Fsp3) is 0.368. The van der Waals surface area contributed by atoms with Crippen molar-refractivity contribution in [3.63, 3.8) is 0 Å². The summed E-state index contributed by atoms with van der Waals surface area (Å²) in [5, 5.41) is 19.5. The zero-order valence-electron chi connectivity index (χ0n) is 15.0. The van der Waals surface area contributed by atoms with Crippen LogP contribution in [0.2, 0.25) is 0 Å². The molecule has 1 aliphatic heterocycles. The lowest BCUT2D eigenvalue weighted by atomic mass is 10.1. The van der Waals surface area contributed by atoms with Crippen LogP contribution in [0, 0.1) is 12.8 Å². The maximum atomic E-state index is 4.79. The van der Waals surface area contributed by atoms with Gasteiger partial charge < -0.3 is 0 Å². The van der Waals surface area contributed by atoms with Gasteiger partial charge in [-0.3, -0.25) is 4.90 Å². The summed E-state index contributed by atoms with van der Waals surface area (Å²) >= 11 is 0. The zero-order valence-corrected chi connectivity index (χ0v) is 15.0. The van der Waals surface area contributed by atoms with Crippen molar-refractivity contribution in [1.29, 1.82) is 0 Å². The van der Waals surface area contributed by atoms with Gasteiger partial charge in [-0.1, -0.05) is 24.3 Å². The molecule has 0 amide bonds. The number of tetrazole rings is 1. The molecule has 134 valence electrons. The van der Waals surface area contributed by atoms with Crippen LogP contribution in [-0.4, -0.2) is 48.4 Å². The molecule has 1 aromatic carbocycles. The van der Waals surface area contributed by atoms with Crippen LogP contribution in [0.5, 0.6) is 0 Å². The number of likely N-dealkylation sites (tertiary alicyclic amines) is 1. The summed E-state index contributed by atoms with van der Waals surface area (Å²) in [6.07, 6.45) is 4.31. The number of aromatic nitrogens is 6. The number of H-pyrrole nitrogens is 1. The first-order valence-electron chi connectivity index (χ1n) is 8.97. The van der Waals surface area contributed by atoms with Crippen molar-refractivity contribution in [2.24, 2.45) is 5.92 Å². The maximum absolute atomic E-state index is 4.79. The van der Waals surface area contributed by atoms with Gasteiger partial charge in [-0.25, -0.2) is 4.68 Å². The van der Waals surface area contributed by atoms with E-state index >= 15 is 0 Å². The minimum atomic E-state index is 0.599. The Balaban J connectivity index is 1.72. The van der Waals surface area contributed by atoms with Gasteiger partial charge in [0.15, 0.2) is 0 Å². The van der Waals surface area contributed by atoms with Crippen molar-refractivity contribution in [3.05, 3.63) is 54.4 Å². The Hall–Kier alpha value is -2.80. The second kappa shape index (κ2) is 7.21. The van der Waals surface area contributed by atoms with Crippen molar-refractivity contribution in [1.82, 2.24) is 35.3 Å². The summed E-state index contributed by atoms with van der Waals surface area (Å²) in [6, 6.07) is 10.2. The number of nitrogens with one attached hydrogen (secondary N) is 1. The SMILES string of the molecule is C=CCC1CCN(Cc2c(-c3nn[nH]n3)c(C)nn2-c2ccccc2)C1. The largest absolute Gasteiger partial charge is 0.297 e. The Bertz CT molecular complexity index is 867. The molecule has 0 saturated carbocycles. The summed E-state index contributed by atoms with van der Waals surface area (Å²) in [7, 11) is 0. The molecule has 1 fully saturated rings. The highest BCUT2D eigenvalue weighted by molar-refractivity contribution is 5.62. The van der Waals surface area contributed by atoms with E-state index in [4.69, 9.17) is 5.10 Å². The number of allylic oxidation sites excluding steroid dienone is 1. The topological polar surface area (TPSA) is 75.5 Å². The molecule has 7 nitrogen and oxygen atoms in total. The van der Waals surface area contributed by atoms with Crippen molar-refractivity contribution in [2.45, 2.75) is 26.3 Å². The number of para-hydroxylation sites is 1. The summed E-state index contributed by atoms with van der Waals surface area (Å²) < 4.78 is 2.02. The van der Waals surface area contributed by atoms with Crippen molar-refractivity contribution in [2.75, 3.05) is 13.1 Å². The molecule has 1 saturated heterocycles. The van der Waals surface area contributed by atoms with Crippen LogP contribution in [0.3, 0.4) is 0 Å². The molecule has 7 heteroatoms. The molecule has 1 aliphatic rings. The smallest absolute Gasteiger partial charge is 0.208 e. The second-order valence-corrected chi connectivity index (χ2v) is 6.80. The Labute approximate surface area is 152 Å². The minimum absolute atomic E-state index is 0.599. The molecule has 1 N–H and O–H groups in total. The Morgan fingerprint density at radius 3 is 2.88 bits per heavy atom. The molecule has 0 spiro atoms. The number of hydrogen-bond acceptors (Lipinski definition) is 5. The number of benzene rings is 1. The first kappa shape index (κ1) is 16.7. The Morgan fingerprint density at radius 2 is 2.15 bits per heavy atom. The summed E-state index contributed by atoms with van der Waals surface area (Å²) in [6.45, 7) is 8.86. The Morgan fingerprint density at radius 1 is 1.31 bits per heavy atom. The first-order chi connectivity index (χ1) is 12.8. The van der Waals surface area contributed by atoms with Crippen LogP contribution in [0.15, 0.2) is 43.0 Å². The highest BCUT2D eigenvalue weighted by atomic mass is 15.5. The molecule has 1 unspecified atom stereocenters. The summed E-state index contributed by atoms with van der Waals surface area (Å²) in [5.74, 6) is 1.29. The molecule has 3 heterocycles. The molecule has 4 rings (SSSR count). The average molecular weight is 349 g/mol. The van der Waals surface area contributed by atoms with Crippen LogP contribution in [0.1, 0.15) is 24.2 Å². The molecular weight excluding hydrogens is 326 g/mol. The molecular formula is C19H23N7. The lowest BCUT2D eigenvalue weighted by molar-refractivity contribution is 0.310. The van der Waals surface area contributed by atoms with E-state index in [2.05, 4.69) is 44.2 Å². The lowest BCUT2D eigenvalue weighted by Crippen LogP contribution is -2.22. The van der Waals surface area contributed by atoms with Gasteiger partial charge >= 0.3 is 0 Å². The Kier molecular flexibility index (Phi) is 4.62. The molecule has 1 atom stereocenters. The summed E-state index contributed by atoms with van der Waals surface area (Å²) in [4.78, 5) is 2.48. The van der Waals surface area contributed by atoms with Gasteiger partial charge in [-0.2, -0.15) is 10.3 Å². The third kappa shape index (κ3) is 3.17. The maximum Gasteiger partial charge on any atom is 0.208 e. The lowest BCUT2D eigenvalue weighted by Gasteiger charge is -2.18. The highest BCUT2D eigenvalue weighted by Crippen LogP contribution is 2.29. The van der Waals surface area contributed by atoms with E-state index < -0.39 is 0 Å². The van der Waals surface area contributed by atoms with Gasteiger partial charge in [0.05, 0.1) is 22.6 Å². The van der Waals surface area contributed by atoms with Crippen molar-refractivity contribution >= 4 is 0 Å². The first-order valence-corrected chi connectivity index (χ1v) is 8.97. The number of rotatable bonds is 6. The van der Waals surface area contributed by atoms with Gasteiger partial charge in [0.2, 0.25) is 5.82 Å². The third-order valence-electron chi connectivity index (χ3n) is 4.97. The van der Waals surface area contributed by atoms with Crippen LogP contribution in [0.4, 0.5) is 0 Å². The predicted molar refractivity (Wildman–Crippen MR) is 99.7 cm³/mol. The van der Waals surface area contributed by atoms with Gasteiger partial charge in [0.1, 0.15) is 0 Å². The monoisotopic (exact) mass is 349 g/mol. The van der Waals surface area contributed by atoms with E-state index in [1.807, 2.05) is 35.9 Å². The number of nitrogens with zero attached hydrogens (tertiary/aromatic N) is 6. The average Bonchev–Trinajstić information content (AvgIpc) is 3.38. The van der Waals surface area contributed by atoms with Crippen LogP contribution in [0.25, 0.3) is 17.1 Å². The van der Waals surface area contributed by atoms with Crippen molar-refractivity contribution < 1.29 is 0 Å². The highest BCUT2D eigenvalue weighted by Gasteiger charge is 2.27. The molecule has 3 aromatic rings. The van der Waals surface area contributed by atoms with E-state index in [9.17, 15) is 0 Å². The van der Waals surface area contributed by atoms with E-state index in [1.54, 1.807) is 0 Å². The normalized spacial score (nSPS) is 17.7. The quantitative estimate of drug-likeness (QED) is 0.693. The van der Waals surface area contributed by atoms with Gasteiger partial charge in [0.25, 0.3) is 0 Å². The van der Waals surface area contributed by atoms with Gasteiger partial charge in [0, 0.05) is 13.1 Å².